The summed E-state index contributed by atoms with van der Waals surface area (Å²) in [5.41, 5.74) is 4.53. The normalized spacial score (nSPS) is 11.4. The minimum atomic E-state index is -0.0114. The maximum Gasteiger partial charge on any atom is 0.244 e. The van der Waals surface area contributed by atoms with Gasteiger partial charge in [0.25, 0.3) is 0 Å². The molecule has 1 heterocycles. The summed E-state index contributed by atoms with van der Waals surface area (Å²) in [6.45, 7) is 9.02. The van der Waals surface area contributed by atoms with Crippen LogP contribution in [0.25, 0.3) is 10.9 Å². The molecule has 0 radical (unpaired) electrons. The van der Waals surface area contributed by atoms with E-state index in [0.717, 1.165) is 11.2 Å². The second-order valence-corrected chi connectivity index (χ2v) is 7.24. The molecular weight excluding hydrogens is 308 g/mol. The topological polar surface area (TPSA) is 34.0 Å². The van der Waals surface area contributed by atoms with Crippen LogP contribution in [0.1, 0.15) is 50.7 Å². The van der Waals surface area contributed by atoms with Crippen molar-refractivity contribution in [2.24, 2.45) is 0 Å². The minimum absolute atomic E-state index is 0.0114. The molecule has 0 atom stereocenters. The van der Waals surface area contributed by atoms with Crippen molar-refractivity contribution in [2.75, 3.05) is 5.32 Å². The van der Waals surface area contributed by atoms with Gasteiger partial charge in [-0.15, -0.1) is 0 Å². The minimum Gasteiger partial charge on any atom is -0.338 e. The largest absolute Gasteiger partial charge is 0.338 e. The van der Waals surface area contributed by atoms with Gasteiger partial charge in [-0.2, -0.15) is 0 Å². The Hall–Kier alpha value is -2.55. The highest BCUT2D eigenvalue weighted by atomic mass is 16.1. The predicted octanol–water partition coefficient (Wildman–Crippen LogP) is 5.53. The van der Waals surface area contributed by atoms with Crippen molar-refractivity contribution in [3.8, 4) is 0 Å². The number of rotatable bonds is 5. The number of anilines is 1. The van der Waals surface area contributed by atoms with Gasteiger partial charge >= 0.3 is 0 Å². The van der Waals surface area contributed by atoms with E-state index in [2.05, 4.69) is 69.4 Å². The van der Waals surface area contributed by atoms with Crippen LogP contribution in [0.3, 0.4) is 0 Å². The highest BCUT2D eigenvalue weighted by Gasteiger charge is 2.09. The van der Waals surface area contributed by atoms with Gasteiger partial charge in [0.1, 0.15) is 6.54 Å². The van der Waals surface area contributed by atoms with Crippen molar-refractivity contribution in [3.63, 3.8) is 0 Å². The molecule has 2 aromatic carbocycles. The predicted molar refractivity (Wildman–Crippen MR) is 105 cm³/mol. The first kappa shape index (κ1) is 17.3. The van der Waals surface area contributed by atoms with Crippen LogP contribution in [0.15, 0.2) is 54.7 Å². The average molecular weight is 334 g/mol. The van der Waals surface area contributed by atoms with E-state index >= 15 is 0 Å². The molecule has 3 heteroatoms. The third kappa shape index (κ3) is 3.93. The summed E-state index contributed by atoms with van der Waals surface area (Å²) in [7, 11) is 0. The van der Waals surface area contributed by atoms with Gasteiger partial charge in [0.15, 0.2) is 0 Å². The molecule has 1 amide bonds. The van der Waals surface area contributed by atoms with Crippen molar-refractivity contribution < 1.29 is 4.79 Å². The number of carbonyl (C=O) groups excluding carboxylic acids is 1. The van der Waals surface area contributed by atoms with Crippen LogP contribution in [0.5, 0.6) is 0 Å². The van der Waals surface area contributed by atoms with Crippen LogP contribution in [0, 0.1) is 0 Å². The lowest BCUT2D eigenvalue weighted by molar-refractivity contribution is -0.116. The zero-order valence-electron chi connectivity index (χ0n) is 15.4. The van der Waals surface area contributed by atoms with E-state index in [9.17, 15) is 4.79 Å². The summed E-state index contributed by atoms with van der Waals surface area (Å²) < 4.78 is 2.00. The second-order valence-electron chi connectivity index (χ2n) is 7.24. The third-order valence-corrected chi connectivity index (χ3v) is 4.64. The van der Waals surface area contributed by atoms with E-state index in [1.807, 2.05) is 22.9 Å². The summed E-state index contributed by atoms with van der Waals surface area (Å²) in [6.07, 6.45) is 1.98. The molecule has 0 bridgehead atoms. The standard InChI is InChI=1S/C22H26N2O/c1-15(2)17-5-8-20(9-6-17)23-22(25)14-24-12-11-19-13-18(16(3)4)7-10-21(19)24/h5-13,15-16H,14H2,1-4H3,(H,23,25). The van der Waals surface area contributed by atoms with Gasteiger partial charge in [-0.25, -0.2) is 0 Å². The molecule has 0 aliphatic heterocycles. The molecule has 0 aliphatic carbocycles. The summed E-state index contributed by atoms with van der Waals surface area (Å²) in [5, 5.41) is 4.16. The van der Waals surface area contributed by atoms with Crippen LogP contribution in [-0.2, 0) is 11.3 Å². The first-order valence-electron chi connectivity index (χ1n) is 8.92. The van der Waals surface area contributed by atoms with Crippen molar-refractivity contribution in [2.45, 2.75) is 46.1 Å². The molecule has 3 rings (SSSR count). The van der Waals surface area contributed by atoms with Gasteiger partial charge in [-0.05, 0) is 58.7 Å². The Labute approximate surface area is 149 Å². The number of nitrogens with zero attached hydrogens (tertiary/aromatic N) is 1. The van der Waals surface area contributed by atoms with Gasteiger partial charge in [0.05, 0.1) is 0 Å². The first-order chi connectivity index (χ1) is 11.9. The number of nitrogens with one attached hydrogen (secondary N) is 1. The quantitative estimate of drug-likeness (QED) is 0.654. The van der Waals surface area contributed by atoms with Crippen molar-refractivity contribution in [3.05, 3.63) is 65.9 Å². The molecule has 0 aliphatic rings. The number of aromatic nitrogens is 1. The van der Waals surface area contributed by atoms with E-state index < -0.39 is 0 Å². The molecule has 130 valence electrons. The van der Waals surface area contributed by atoms with Crippen molar-refractivity contribution in [1.29, 1.82) is 0 Å². The highest BCUT2D eigenvalue weighted by Crippen LogP contribution is 2.22. The van der Waals surface area contributed by atoms with E-state index in [-0.39, 0.29) is 5.91 Å². The Kier molecular flexibility index (Phi) is 4.93. The fourth-order valence-corrected chi connectivity index (χ4v) is 3.02. The molecule has 0 fully saturated rings. The summed E-state index contributed by atoms with van der Waals surface area (Å²) >= 11 is 0. The second kappa shape index (κ2) is 7.14. The molecule has 3 aromatic rings. The maximum atomic E-state index is 12.4. The Morgan fingerprint density at radius 2 is 1.56 bits per heavy atom. The summed E-state index contributed by atoms with van der Waals surface area (Å²) in [4.78, 5) is 12.4. The summed E-state index contributed by atoms with van der Waals surface area (Å²) in [5.74, 6) is 0.985. The highest BCUT2D eigenvalue weighted by molar-refractivity contribution is 5.92. The molecule has 0 saturated heterocycles. The van der Waals surface area contributed by atoms with Gasteiger partial charge in [0, 0.05) is 17.4 Å². The fourth-order valence-electron chi connectivity index (χ4n) is 3.02. The van der Waals surface area contributed by atoms with E-state index in [1.165, 1.54) is 16.5 Å². The van der Waals surface area contributed by atoms with Crippen molar-refractivity contribution >= 4 is 22.5 Å². The molecule has 1 aromatic heterocycles. The monoisotopic (exact) mass is 334 g/mol. The Balaban J connectivity index is 1.71. The molecule has 25 heavy (non-hydrogen) atoms. The number of benzene rings is 2. The number of carbonyl (C=O) groups is 1. The van der Waals surface area contributed by atoms with Gasteiger partial charge < -0.3 is 9.88 Å². The number of amides is 1. The molecule has 1 N–H and O–H groups in total. The van der Waals surface area contributed by atoms with Crippen molar-refractivity contribution in [1.82, 2.24) is 4.57 Å². The van der Waals surface area contributed by atoms with Gasteiger partial charge in [-0.3, -0.25) is 4.79 Å². The third-order valence-electron chi connectivity index (χ3n) is 4.64. The zero-order chi connectivity index (χ0) is 18.0. The molecule has 0 spiro atoms. The Bertz CT molecular complexity index is 873. The van der Waals surface area contributed by atoms with E-state index in [1.54, 1.807) is 0 Å². The van der Waals surface area contributed by atoms with Gasteiger partial charge in [0.2, 0.25) is 5.91 Å². The zero-order valence-corrected chi connectivity index (χ0v) is 15.4. The van der Waals surface area contributed by atoms with Crippen LogP contribution < -0.4 is 5.32 Å². The molecule has 3 nitrogen and oxygen atoms in total. The molecule has 0 saturated carbocycles. The number of fused-ring (bicyclic) bond motifs is 1. The molecular formula is C22H26N2O. The smallest absolute Gasteiger partial charge is 0.244 e. The van der Waals surface area contributed by atoms with E-state index in [0.29, 0.717) is 18.4 Å². The number of hydrogen-bond acceptors (Lipinski definition) is 1. The lowest BCUT2D eigenvalue weighted by atomic mass is 10.0. The first-order valence-corrected chi connectivity index (χ1v) is 8.92. The van der Waals surface area contributed by atoms with E-state index in [4.69, 9.17) is 0 Å². The lowest BCUT2D eigenvalue weighted by Crippen LogP contribution is -2.18. The maximum absolute atomic E-state index is 12.4. The summed E-state index contributed by atoms with van der Waals surface area (Å²) in [6, 6.07) is 16.6. The van der Waals surface area contributed by atoms with Gasteiger partial charge in [-0.1, -0.05) is 45.9 Å². The number of hydrogen-bond donors (Lipinski definition) is 1. The SMILES string of the molecule is CC(C)c1ccc(NC(=O)Cn2ccc3cc(C(C)C)ccc32)cc1. The Morgan fingerprint density at radius 3 is 2.20 bits per heavy atom. The van der Waals surface area contributed by atoms with Crippen LogP contribution >= 0.6 is 0 Å². The van der Waals surface area contributed by atoms with Crippen LogP contribution in [0.4, 0.5) is 5.69 Å². The molecule has 0 unspecified atom stereocenters. The average Bonchev–Trinajstić information content (AvgIpc) is 2.97. The van der Waals surface area contributed by atoms with Crippen LogP contribution in [-0.4, -0.2) is 10.5 Å². The van der Waals surface area contributed by atoms with Crippen LogP contribution in [0.2, 0.25) is 0 Å². The fraction of sp³-hybridized carbons (Fsp3) is 0.318. The lowest BCUT2D eigenvalue weighted by Gasteiger charge is -2.10. The Morgan fingerprint density at radius 1 is 0.920 bits per heavy atom.